The first-order valence-corrected chi connectivity index (χ1v) is 13.6. The summed E-state index contributed by atoms with van der Waals surface area (Å²) in [5.74, 6) is 0. The molecule has 0 N–H and O–H groups in total. The second kappa shape index (κ2) is 8.20. The molecule has 4 nitrogen and oxygen atoms in total. The Labute approximate surface area is 233 Å². The Balaban J connectivity index is 1.26. The molecule has 0 saturated carbocycles. The summed E-state index contributed by atoms with van der Waals surface area (Å²) >= 11 is 0. The van der Waals surface area contributed by atoms with E-state index in [4.69, 9.17) is 8.83 Å². The van der Waals surface area contributed by atoms with Crippen LogP contribution in [0.15, 0.2) is 141 Å². The highest BCUT2D eigenvalue weighted by Crippen LogP contribution is 2.37. The van der Waals surface area contributed by atoms with E-state index in [0.717, 1.165) is 65.9 Å². The van der Waals surface area contributed by atoms with Crippen LogP contribution < -0.4 is 5.63 Å². The molecule has 4 heteroatoms. The molecule has 3 aromatic heterocycles. The van der Waals surface area contributed by atoms with Crippen LogP contribution in [0.25, 0.3) is 82.3 Å². The molecule has 192 valence electrons. The highest BCUT2D eigenvalue weighted by Gasteiger charge is 2.16. The van der Waals surface area contributed by atoms with E-state index in [2.05, 4.69) is 77.4 Å². The first-order valence-electron chi connectivity index (χ1n) is 13.6. The van der Waals surface area contributed by atoms with Gasteiger partial charge in [-0.25, -0.2) is 4.79 Å². The van der Waals surface area contributed by atoms with Crippen LogP contribution >= 0.6 is 0 Å². The Bertz CT molecular complexity index is 2560. The second-order valence-electron chi connectivity index (χ2n) is 10.5. The first-order chi connectivity index (χ1) is 20.2. The summed E-state index contributed by atoms with van der Waals surface area (Å²) in [4.78, 5) is 12.9. The number of hydrogen-bond acceptors (Lipinski definition) is 3. The zero-order valence-electron chi connectivity index (χ0n) is 21.8. The van der Waals surface area contributed by atoms with Crippen molar-refractivity contribution in [2.24, 2.45) is 0 Å². The van der Waals surface area contributed by atoms with Crippen LogP contribution in [-0.4, -0.2) is 4.57 Å². The molecule has 0 spiro atoms. The normalized spacial score (nSPS) is 12.0. The number of rotatable bonds is 2. The van der Waals surface area contributed by atoms with Crippen molar-refractivity contribution in [1.82, 2.24) is 4.57 Å². The van der Waals surface area contributed by atoms with E-state index in [9.17, 15) is 4.79 Å². The third kappa shape index (κ3) is 3.19. The molecule has 0 aliphatic rings. The summed E-state index contributed by atoms with van der Waals surface area (Å²) in [6.45, 7) is 0. The Morgan fingerprint density at radius 2 is 1.02 bits per heavy atom. The maximum absolute atomic E-state index is 12.9. The average molecular weight is 528 g/mol. The standard InChI is InChI=1S/C37H21NO3/c39-37-31-20-22(13-16-25(31)27-8-2-6-12-35(27)41-37)23-14-17-33-29(19-23)26-7-1-4-10-32(26)38(33)24-15-18-36-30(21-24)28-9-3-5-11-34(28)40-36/h1-21H. The Hall–Kier alpha value is -5.61. The van der Waals surface area contributed by atoms with Crippen LogP contribution in [-0.2, 0) is 0 Å². The summed E-state index contributed by atoms with van der Waals surface area (Å²) in [5.41, 5.74) is 7.42. The average Bonchev–Trinajstić information content (AvgIpc) is 3.56. The van der Waals surface area contributed by atoms with Gasteiger partial charge in [0.2, 0.25) is 0 Å². The lowest BCUT2D eigenvalue weighted by atomic mass is 9.99. The number of para-hydroxylation sites is 3. The number of aromatic nitrogens is 1. The summed E-state index contributed by atoms with van der Waals surface area (Å²) in [6, 6.07) is 43.3. The third-order valence-corrected chi connectivity index (χ3v) is 8.24. The zero-order valence-corrected chi connectivity index (χ0v) is 21.8. The van der Waals surface area contributed by atoms with Gasteiger partial charge in [0.05, 0.1) is 16.4 Å². The number of nitrogens with zero attached hydrogens (tertiary/aromatic N) is 1. The van der Waals surface area contributed by atoms with Gasteiger partial charge in [0.25, 0.3) is 0 Å². The molecular weight excluding hydrogens is 506 g/mol. The van der Waals surface area contributed by atoms with E-state index in [1.54, 1.807) is 0 Å². The van der Waals surface area contributed by atoms with E-state index in [-0.39, 0.29) is 5.63 Å². The first kappa shape index (κ1) is 22.2. The molecule has 9 aromatic rings. The van der Waals surface area contributed by atoms with E-state index in [1.165, 1.54) is 5.39 Å². The van der Waals surface area contributed by atoms with Crippen molar-refractivity contribution < 1.29 is 8.83 Å². The zero-order chi connectivity index (χ0) is 27.1. The van der Waals surface area contributed by atoms with Crippen LogP contribution in [0.2, 0.25) is 0 Å². The molecule has 0 fully saturated rings. The van der Waals surface area contributed by atoms with Gasteiger partial charge in [-0.05, 0) is 71.1 Å². The van der Waals surface area contributed by atoms with Crippen LogP contribution in [0.1, 0.15) is 0 Å². The lowest BCUT2D eigenvalue weighted by Crippen LogP contribution is -2.00. The van der Waals surface area contributed by atoms with Gasteiger partial charge < -0.3 is 13.4 Å². The van der Waals surface area contributed by atoms with Crippen molar-refractivity contribution in [1.29, 1.82) is 0 Å². The largest absolute Gasteiger partial charge is 0.456 e. The molecule has 0 aliphatic carbocycles. The molecule has 0 amide bonds. The fourth-order valence-electron chi connectivity index (χ4n) is 6.34. The number of benzene rings is 6. The van der Waals surface area contributed by atoms with E-state index in [1.807, 2.05) is 54.6 Å². The van der Waals surface area contributed by atoms with E-state index in [0.29, 0.717) is 11.0 Å². The van der Waals surface area contributed by atoms with Crippen molar-refractivity contribution in [3.8, 4) is 16.8 Å². The van der Waals surface area contributed by atoms with Gasteiger partial charge >= 0.3 is 5.63 Å². The minimum absolute atomic E-state index is 0.319. The monoisotopic (exact) mass is 527 g/mol. The Kier molecular flexibility index (Phi) is 4.44. The lowest BCUT2D eigenvalue weighted by Gasteiger charge is -2.09. The molecule has 0 radical (unpaired) electrons. The van der Waals surface area contributed by atoms with Gasteiger partial charge in [-0.15, -0.1) is 0 Å². The van der Waals surface area contributed by atoms with Crippen molar-refractivity contribution in [2.45, 2.75) is 0 Å². The van der Waals surface area contributed by atoms with Crippen LogP contribution in [0.5, 0.6) is 0 Å². The molecule has 9 rings (SSSR count). The topological polar surface area (TPSA) is 48.3 Å². The van der Waals surface area contributed by atoms with E-state index < -0.39 is 0 Å². The highest BCUT2D eigenvalue weighted by molar-refractivity contribution is 6.12. The van der Waals surface area contributed by atoms with Gasteiger partial charge in [-0.2, -0.15) is 0 Å². The molecule has 41 heavy (non-hydrogen) atoms. The van der Waals surface area contributed by atoms with Crippen LogP contribution in [0, 0.1) is 0 Å². The fraction of sp³-hybridized carbons (Fsp3) is 0. The number of furan rings is 1. The fourth-order valence-corrected chi connectivity index (χ4v) is 6.34. The third-order valence-electron chi connectivity index (χ3n) is 8.24. The van der Waals surface area contributed by atoms with Gasteiger partial charge in [0, 0.05) is 32.6 Å². The molecule has 0 aliphatic heterocycles. The van der Waals surface area contributed by atoms with Crippen molar-refractivity contribution in [3.63, 3.8) is 0 Å². The lowest BCUT2D eigenvalue weighted by molar-refractivity contribution is 0.569. The van der Waals surface area contributed by atoms with Gasteiger partial charge in [-0.3, -0.25) is 0 Å². The minimum Gasteiger partial charge on any atom is -0.456 e. The van der Waals surface area contributed by atoms with Crippen LogP contribution in [0.3, 0.4) is 0 Å². The highest BCUT2D eigenvalue weighted by atomic mass is 16.4. The Morgan fingerprint density at radius 1 is 0.415 bits per heavy atom. The molecule has 6 aromatic carbocycles. The van der Waals surface area contributed by atoms with Crippen molar-refractivity contribution >= 4 is 65.5 Å². The molecule has 0 unspecified atom stereocenters. The summed E-state index contributed by atoms with van der Waals surface area (Å²) < 4.78 is 14.0. The van der Waals surface area contributed by atoms with Gasteiger partial charge in [0.15, 0.2) is 0 Å². The second-order valence-corrected chi connectivity index (χ2v) is 10.5. The van der Waals surface area contributed by atoms with E-state index >= 15 is 0 Å². The maximum Gasteiger partial charge on any atom is 0.344 e. The molecule has 0 atom stereocenters. The SMILES string of the molecule is O=c1oc2ccccc2c2ccc(-c3ccc4c(c3)c3ccccc3n4-c3ccc4oc5ccccc5c4c3)cc12. The predicted molar refractivity (Wildman–Crippen MR) is 167 cm³/mol. The van der Waals surface area contributed by atoms with Crippen LogP contribution in [0.4, 0.5) is 0 Å². The predicted octanol–water partition coefficient (Wildman–Crippen LogP) is 9.61. The number of hydrogen-bond donors (Lipinski definition) is 0. The Morgan fingerprint density at radius 3 is 1.85 bits per heavy atom. The number of fused-ring (bicyclic) bond motifs is 9. The summed E-state index contributed by atoms with van der Waals surface area (Å²) in [7, 11) is 0. The molecule has 3 heterocycles. The van der Waals surface area contributed by atoms with Gasteiger partial charge in [-0.1, -0.05) is 72.8 Å². The van der Waals surface area contributed by atoms with Crippen molar-refractivity contribution in [2.75, 3.05) is 0 Å². The minimum atomic E-state index is -0.319. The van der Waals surface area contributed by atoms with Gasteiger partial charge in [0.1, 0.15) is 16.7 Å². The molecule has 0 saturated heterocycles. The van der Waals surface area contributed by atoms with Crippen molar-refractivity contribution in [3.05, 3.63) is 138 Å². The molecule has 0 bridgehead atoms. The summed E-state index contributed by atoms with van der Waals surface area (Å²) in [5, 5.41) is 6.97. The molecular formula is C37H21NO3. The maximum atomic E-state index is 12.9. The summed E-state index contributed by atoms with van der Waals surface area (Å²) in [6.07, 6.45) is 0. The quantitative estimate of drug-likeness (QED) is 0.166. The smallest absolute Gasteiger partial charge is 0.344 e.